The summed E-state index contributed by atoms with van der Waals surface area (Å²) >= 11 is 0. The molecular formula is C22H27FS. The minimum Gasteiger partial charge on any atom is -0.220 e. The molecule has 2 heteroatoms. The van der Waals surface area contributed by atoms with Gasteiger partial charge in [-0.05, 0) is 71.9 Å². The van der Waals surface area contributed by atoms with Crippen LogP contribution in [-0.2, 0) is 0 Å². The van der Waals surface area contributed by atoms with Crippen LogP contribution >= 0.6 is 10.0 Å². The van der Waals surface area contributed by atoms with E-state index in [1.807, 2.05) is 13.0 Å². The van der Waals surface area contributed by atoms with Gasteiger partial charge in [-0.15, -0.1) is 0 Å². The van der Waals surface area contributed by atoms with Crippen LogP contribution in [-0.4, -0.2) is 18.3 Å². The number of benzene rings is 1. The van der Waals surface area contributed by atoms with Crippen molar-refractivity contribution in [3.8, 4) is 0 Å². The Hall–Kier alpha value is -1.54. The van der Waals surface area contributed by atoms with Gasteiger partial charge in [0.05, 0.1) is 0 Å². The number of allylic oxidation sites excluding steroid dienone is 6. The van der Waals surface area contributed by atoms with E-state index < -0.39 is 10.0 Å². The zero-order valence-corrected chi connectivity index (χ0v) is 15.8. The van der Waals surface area contributed by atoms with Crippen LogP contribution < -0.4 is 0 Å². The van der Waals surface area contributed by atoms with E-state index in [2.05, 4.69) is 43.4 Å². The molecule has 0 aliphatic heterocycles. The summed E-state index contributed by atoms with van der Waals surface area (Å²) < 4.78 is 14.4. The lowest BCUT2D eigenvalue weighted by atomic mass is 9.88. The lowest BCUT2D eigenvalue weighted by molar-refractivity contribution is 0.597. The fourth-order valence-corrected chi connectivity index (χ4v) is 6.19. The van der Waals surface area contributed by atoms with Crippen molar-refractivity contribution in [1.29, 1.82) is 0 Å². The van der Waals surface area contributed by atoms with Crippen molar-refractivity contribution in [2.75, 3.05) is 18.3 Å². The first-order valence-electron chi connectivity index (χ1n) is 8.60. The Kier molecular flexibility index (Phi) is 4.87. The molecule has 128 valence electrons. The van der Waals surface area contributed by atoms with Crippen LogP contribution in [0.25, 0.3) is 0 Å². The van der Waals surface area contributed by atoms with E-state index >= 15 is 0 Å². The molecular weight excluding hydrogens is 315 g/mol. The molecule has 3 rings (SSSR count). The maximum absolute atomic E-state index is 14.4. The fourth-order valence-electron chi connectivity index (χ4n) is 3.81. The van der Waals surface area contributed by atoms with E-state index in [0.717, 1.165) is 35.3 Å². The van der Waals surface area contributed by atoms with Gasteiger partial charge >= 0.3 is 0 Å². The van der Waals surface area contributed by atoms with Gasteiger partial charge in [-0.25, -0.2) is 14.4 Å². The monoisotopic (exact) mass is 342 g/mol. The van der Waals surface area contributed by atoms with Crippen LogP contribution in [0, 0.1) is 12.7 Å². The summed E-state index contributed by atoms with van der Waals surface area (Å²) in [6, 6.07) is 5.36. The molecule has 2 aliphatic rings. The van der Waals surface area contributed by atoms with Crippen LogP contribution in [0.15, 0.2) is 65.1 Å². The Morgan fingerprint density at radius 2 is 2.08 bits per heavy atom. The highest BCUT2D eigenvalue weighted by Gasteiger charge is 2.29. The first-order chi connectivity index (χ1) is 11.4. The minimum atomic E-state index is -0.839. The number of halogens is 1. The standard InChI is InChI=1S/C22H27FS/c1-16-9-8-12-21(23)22(16)20-14-13-18(17(20)2)15-24(3,4)19-10-6-5-7-11-19/h5-6,8-10,12-13,20H,2,7,11,14-15H2,1,3-4H3. The average Bonchev–Trinajstić information content (AvgIpc) is 2.89. The Bertz CT molecular complexity index is 729. The number of hydrogen-bond acceptors (Lipinski definition) is 0. The predicted molar refractivity (Wildman–Crippen MR) is 106 cm³/mol. The topological polar surface area (TPSA) is 0 Å². The van der Waals surface area contributed by atoms with E-state index in [0.29, 0.717) is 0 Å². The Morgan fingerprint density at radius 3 is 2.75 bits per heavy atom. The molecule has 0 bridgehead atoms. The van der Waals surface area contributed by atoms with Gasteiger partial charge in [0.1, 0.15) is 5.82 Å². The highest BCUT2D eigenvalue weighted by molar-refractivity contribution is 8.35. The second kappa shape index (κ2) is 6.76. The lowest BCUT2D eigenvalue weighted by Gasteiger charge is -2.36. The maximum Gasteiger partial charge on any atom is 0.127 e. The molecule has 0 aromatic heterocycles. The number of hydrogen-bond donors (Lipinski definition) is 0. The second-order valence-electron chi connectivity index (χ2n) is 7.30. The molecule has 1 unspecified atom stereocenters. The van der Waals surface area contributed by atoms with Gasteiger partial charge in [-0.2, -0.15) is 0 Å². The van der Waals surface area contributed by atoms with Crippen LogP contribution in [0.3, 0.4) is 0 Å². The van der Waals surface area contributed by atoms with Gasteiger partial charge in [0.15, 0.2) is 0 Å². The summed E-state index contributed by atoms with van der Waals surface area (Å²) in [4.78, 5) is 1.59. The molecule has 0 radical (unpaired) electrons. The summed E-state index contributed by atoms with van der Waals surface area (Å²) in [7, 11) is -0.839. The number of aryl methyl sites for hydroxylation is 1. The van der Waals surface area contributed by atoms with Crippen molar-refractivity contribution in [3.63, 3.8) is 0 Å². The summed E-state index contributed by atoms with van der Waals surface area (Å²) in [5.74, 6) is 1.08. The van der Waals surface area contributed by atoms with Crippen molar-refractivity contribution in [1.82, 2.24) is 0 Å². The maximum atomic E-state index is 14.4. The van der Waals surface area contributed by atoms with E-state index in [1.54, 1.807) is 17.0 Å². The highest BCUT2D eigenvalue weighted by atomic mass is 32.3. The van der Waals surface area contributed by atoms with Crippen LogP contribution in [0.1, 0.15) is 36.3 Å². The summed E-state index contributed by atoms with van der Waals surface area (Å²) in [6.45, 7) is 6.35. The third-order valence-corrected chi connectivity index (χ3v) is 8.05. The molecule has 1 aromatic rings. The third-order valence-electron chi connectivity index (χ3n) is 5.25. The third kappa shape index (κ3) is 3.30. The van der Waals surface area contributed by atoms with Gasteiger partial charge < -0.3 is 0 Å². The van der Waals surface area contributed by atoms with Gasteiger partial charge in [0, 0.05) is 11.7 Å². The molecule has 0 fully saturated rings. The first kappa shape index (κ1) is 17.3. The normalized spacial score (nSPS) is 21.7. The predicted octanol–water partition coefficient (Wildman–Crippen LogP) is 6.40. The van der Waals surface area contributed by atoms with Crippen molar-refractivity contribution in [2.45, 2.75) is 32.1 Å². The van der Waals surface area contributed by atoms with E-state index in [-0.39, 0.29) is 11.7 Å². The van der Waals surface area contributed by atoms with Gasteiger partial charge in [-0.1, -0.05) is 43.0 Å². The van der Waals surface area contributed by atoms with Gasteiger partial charge in [0.2, 0.25) is 0 Å². The minimum absolute atomic E-state index is 0.0949. The van der Waals surface area contributed by atoms with Crippen molar-refractivity contribution >= 4 is 10.0 Å². The molecule has 24 heavy (non-hydrogen) atoms. The molecule has 0 spiro atoms. The highest BCUT2D eigenvalue weighted by Crippen LogP contribution is 2.55. The van der Waals surface area contributed by atoms with Crippen LogP contribution in [0.4, 0.5) is 4.39 Å². The Labute approximate surface area is 147 Å². The largest absolute Gasteiger partial charge is 0.220 e. The smallest absolute Gasteiger partial charge is 0.127 e. The molecule has 0 nitrogen and oxygen atoms in total. The van der Waals surface area contributed by atoms with E-state index in [4.69, 9.17) is 0 Å². The quantitative estimate of drug-likeness (QED) is 0.593. The number of rotatable bonds is 4. The van der Waals surface area contributed by atoms with E-state index in [9.17, 15) is 4.39 Å². The molecule has 1 aromatic carbocycles. The van der Waals surface area contributed by atoms with Crippen molar-refractivity contribution in [2.24, 2.45) is 0 Å². The summed E-state index contributed by atoms with van der Waals surface area (Å²) in [5.41, 5.74) is 4.33. The molecule has 0 saturated heterocycles. The zero-order chi connectivity index (χ0) is 17.3. The van der Waals surface area contributed by atoms with Crippen LogP contribution in [0.2, 0.25) is 0 Å². The SMILES string of the molecule is C=C1C(CS(C)(C)C2=CC=CCC2)=CCC1c1c(C)cccc1F. The molecule has 0 heterocycles. The fraction of sp³-hybridized carbons (Fsp3) is 0.364. The molecule has 1 atom stereocenters. The summed E-state index contributed by atoms with van der Waals surface area (Å²) in [5, 5.41) is 0. The van der Waals surface area contributed by atoms with Gasteiger partial charge in [-0.3, -0.25) is 0 Å². The average molecular weight is 343 g/mol. The first-order valence-corrected chi connectivity index (χ1v) is 11.2. The Morgan fingerprint density at radius 1 is 1.29 bits per heavy atom. The van der Waals surface area contributed by atoms with Crippen molar-refractivity contribution < 1.29 is 4.39 Å². The molecule has 2 aliphatic carbocycles. The summed E-state index contributed by atoms with van der Waals surface area (Å²) in [6.07, 6.45) is 17.0. The van der Waals surface area contributed by atoms with Crippen LogP contribution in [0.5, 0.6) is 0 Å². The van der Waals surface area contributed by atoms with Gasteiger partial charge in [0.25, 0.3) is 0 Å². The second-order valence-corrected chi connectivity index (χ2v) is 11.2. The lowest BCUT2D eigenvalue weighted by Crippen LogP contribution is -2.10. The molecule has 0 N–H and O–H groups in total. The van der Waals surface area contributed by atoms with Crippen molar-refractivity contribution in [3.05, 3.63) is 82.1 Å². The Balaban J connectivity index is 1.79. The zero-order valence-electron chi connectivity index (χ0n) is 14.9. The molecule has 0 amide bonds. The molecule has 0 saturated carbocycles. The van der Waals surface area contributed by atoms with E-state index in [1.165, 1.54) is 12.0 Å².